The number of benzene rings is 3. The number of anilines is 3. The van der Waals surface area contributed by atoms with Crippen molar-refractivity contribution >= 4 is 28.6 Å². The zero-order valence-electron chi connectivity index (χ0n) is 21.6. The van der Waals surface area contributed by atoms with Crippen molar-refractivity contribution in [2.24, 2.45) is 0 Å². The van der Waals surface area contributed by atoms with Crippen molar-refractivity contribution in [1.82, 2.24) is 19.5 Å². The van der Waals surface area contributed by atoms with Crippen molar-refractivity contribution < 1.29 is 39.5 Å². The monoisotopic (exact) mass is 610 g/mol. The van der Waals surface area contributed by atoms with E-state index in [4.69, 9.17) is 0 Å². The summed E-state index contributed by atoms with van der Waals surface area (Å²) in [5, 5.41) is 5.73. The zero-order valence-corrected chi connectivity index (χ0v) is 21.6. The molecule has 0 aliphatic heterocycles. The van der Waals surface area contributed by atoms with Crippen molar-refractivity contribution in [1.29, 1.82) is 0 Å². The van der Waals surface area contributed by atoms with Gasteiger partial charge < -0.3 is 15.2 Å². The molecule has 224 valence electrons. The van der Waals surface area contributed by atoms with Crippen LogP contribution in [0.4, 0.5) is 57.0 Å². The molecule has 0 saturated heterocycles. The highest BCUT2D eigenvalue weighted by atomic mass is 19.4. The standard InChI is InChI=1S/C28H19F9N6/c29-26(30,31)18-6-4-16(5-7-18)14-43-15-39-22-23(38-13-17-2-1-3-20(12-17)28(35,36)37)41-25(42-24(22)43)40-21-10-8-19(9-11-21)27(32,33)34/h1-12,15H,13-14H2,(H2,38,40,41,42). The lowest BCUT2D eigenvalue weighted by Crippen LogP contribution is -2.09. The van der Waals surface area contributed by atoms with Crippen molar-refractivity contribution in [2.45, 2.75) is 31.6 Å². The fourth-order valence-corrected chi connectivity index (χ4v) is 4.15. The molecular weight excluding hydrogens is 591 g/mol. The summed E-state index contributed by atoms with van der Waals surface area (Å²) in [6.45, 7) is -0.0417. The van der Waals surface area contributed by atoms with E-state index >= 15 is 0 Å². The molecule has 0 saturated carbocycles. The second-order valence-electron chi connectivity index (χ2n) is 9.39. The first kappa shape index (κ1) is 29.7. The number of hydrogen-bond donors (Lipinski definition) is 2. The van der Waals surface area contributed by atoms with Gasteiger partial charge >= 0.3 is 18.5 Å². The van der Waals surface area contributed by atoms with Crippen molar-refractivity contribution in [3.63, 3.8) is 0 Å². The fourth-order valence-electron chi connectivity index (χ4n) is 4.15. The van der Waals surface area contributed by atoms with Crippen LogP contribution in [-0.4, -0.2) is 19.5 Å². The van der Waals surface area contributed by atoms with Gasteiger partial charge in [-0.2, -0.15) is 49.5 Å². The van der Waals surface area contributed by atoms with Gasteiger partial charge in [0.25, 0.3) is 0 Å². The Labute approximate surface area is 237 Å². The van der Waals surface area contributed by atoms with Crippen LogP contribution >= 0.6 is 0 Å². The number of halogens is 9. The molecule has 0 spiro atoms. The predicted octanol–water partition coefficient (Wildman–Crippen LogP) is 8.29. The molecule has 15 heteroatoms. The second kappa shape index (κ2) is 11.1. The van der Waals surface area contributed by atoms with Crippen LogP contribution in [0.1, 0.15) is 27.8 Å². The molecule has 3 aromatic carbocycles. The quantitative estimate of drug-likeness (QED) is 0.182. The molecule has 43 heavy (non-hydrogen) atoms. The van der Waals surface area contributed by atoms with Gasteiger partial charge in [-0.3, -0.25) is 0 Å². The number of rotatable bonds is 7. The second-order valence-corrected chi connectivity index (χ2v) is 9.39. The lowest BCUT2D eigenvalue weighted by molar-refractivity contribution is -0.138. The maximum atomic E-state index is 13.2. The predicted molar refractivity (Wildman–Crippen MR) is 139 cm³/mol. The molecule has 0 atom stereocenters. The number of nitrogens with zero attached hydrogens (tertiary/aromatic N) is 4. The largest absolute Gasteiger partial charge is 0.416 e. The maximum Gasteiger partial charge on any atom is 0.416 e. The lowest BCUT2D eigenvalue weighted by atomic mass is 10.1. The van der Waals surface area contributed by atoms with Crippen LogP contribution in [0, 0.1) is 0 Å². The summed E-state index contributed by atoms with van der Waals surface area (Å²) in [6.07, 6.45) is -12.2. The van der Waals surface area contributed by atoms with Crippen LogP contribution in [-0.2, 0) is 31.6 Å². The summed E-state index contributed by atoms with van der Waals surface area (Å²) in [4.78, 5) is 13.0. The van der Waals surface area contributed by atoms with E-state index in [1.807, 2.05) is 0 Å². The van der Waals surface area contributed by atoms with Crippen LogP contribution in [0.5, 0.6) is 0 Å². The van der Waals surface area contributed by atoms with Crippen LogP contribution in [0.25, 0.3) is 11.2 Å². The summed E-state index contributed by atoms with van der Waals surface area (Å²) in [6, 6.07) is 13.2. The van der Waals surface area contributed by atoms with Gasteiger partial charge in [-0.15, -0.1) is 0 Å². The van der Waals surface area contributed by atoms with Gasteiger partial charge in [0.1, 0.15) is 0 Å². The Kier molecular flexibility index (Phi) is 7.67. The highest BCUT2D eigenvalue weighted by Crippen LogP contribution is 2.32. The zero-order chi connectivity index (χ0) is 31.0. The van der Waals surface area contributed by atoms with E-state index in [9.17, 15) is 39.5 Å². The van der Waals surface area contributed by atoms with Gasteiger partial charge in [0.15, 0.2) is 17.0 Å². The van der Waals surface area contributed by atoms with E-state index in [1.54, 1.807) is 0 Å². The summed E-state index contributed by atoms with van der Waals surface area (Å²) in [7, 11) is 0. The SMILES string of the molecule is FC(F)(F)c1ccc(Cn2cnc3c(NCc4cccc(C(F)(F)F)c4)nc(Nc4ccc(C(F)(F)F)cc4)nc32)cc1. The fraction of sp³-hybridized carbons (Fsp3) is 0.179. The minimum atomic E-state index is -4.55. The molecule has 0 aliphatic carbocycles. The molecule has 5 aromatic rings. The average molecular weight is 610 g/mol. The Morgan fingerprint density at radius 2 is 1.26 bits per heavy atom. The molecule has 2 N–H and O–H groups in total. The van der Waals surface area contributed by atoms with Crippen LogP contribution in [0.2, 0.25) is 0 Å². The van der Waals surface area contributed by atoms with Crippen molar-refractivity contribution in [3.8, 4) is 0 Å². The minimum Gasteiger partial charge on any atom is -0.364 e. The Morgan fingerprint density at radius 1 is 0.651 bits per heavy atom. The molecule has 0 aliphatic rings. The third-order valence-electron chi connectivity index (χ3n) is 6.28. The third-order valence-corrected chi connectivity index (χ3v) is 6.28. The molecule has 0 amide bonds. The van der Waals surface area contributed by atoms with E-state index in [2.05, 4.69) is 25.6 Å². The number of fused-ring (bicyclic) bond motifs is 1. The number of alkyl halides is 9. The topological polar surface area (TPSA) is 67.7 Å². The first-order valence-corrected chi connectivity index (χ1v) is 12.4. The molecule has 0 bridgehead atoms. The van der Waals surface area contributed by atoms with Gasteiger partial charge in [-0.25, -0.2) is 4.98 Å². The van der Waals surface area contributed by atoms with E-state index in [0.29, 0.717) is 5.56 Å². The molecule has 6 nitrogen and oxygen atoms in total. The summed E-state index contributed by atoms with van der Waals surface area (Å²) in [5.74, 6) is 0.0240. The van der Waals surface area contributed by atoms with E-state index in [0.717, 1.165) is 36.4 Å². The Hall–Kier alpha value is -4.82. The Bertz CT molecular complexity index is 1720. The molecule has 2 aromatic heterocycles. The maximum absolute atomic E-state index is 13.2. The molecule has 2 heterocycles. The number of hydrogen-bond acceptors (Lipinski definition) is 5. The Morgan fingerprint density at radius 3 is 1.86 bits per heavy atom. The van der Waals surface area contributed by atoms with E-state index < -0.39 is 35.2 Å². The molecule has 0 radical (unpaired) electrons. The lowest BCUT2D eigenvalue weighted by Gasteiger charge is -2.13. The van der Waals surface area contributed by atoms with Crippen molar-refractivity contribution in [2.75, 3.05) is 10.6 Å². The highest BCUT2D eigenvalue weighted by Gasteiger charge is 2.31. The summed E-state index contributed by atoms with van der Waals surface area (Å²) >= 11 is 0. The van der Waals surface area contributed by atoms with Gasteiger partial charge in [0.2, 0.25) is 5.95 Å². The van der Waals surface area contributed by atoms with Gasteiger partial charge in [-0.05, 0) is 59.7 Å². The van der Waals surface area contributed by atoms with Gasteiger partial charge in [0, 0.05) is 12.2 Å². The normalized spacial score (nSPS) is 12.5. The van der Waals surface area contributed by atoms with Crippen molar-refractivity contribution in [3.05, 3.63) is 107 Å². The number of nitrogens with one attached hydrogen (secondary N) is 2. The third kappa shape index (κ3) is 6.98. The van der Waals surface area contributed by atoms with Crippen LogP contribution in [0.15, 0.2) is 79.1 Å². The highest BCUT2D eigenvalue weighted by molar-refractivity contribution is 5.84. The van der Waals surface area contributed by atoms with Crippen LogP contribution in [0.3, 0.4) is 0 Å². The average Bonchev–Trinajstić information content (AvgIpc) is 3.33. The van der Waals surface area contributed by atoms with Gasteiger partial charge in [-0.1, -0.05) is 24.3 Å². The first-order valence-electron chi connectivity index (χ1n) is 12.4. The summed E-state index contributed by atoms with van der Waals surface area (Å²) < 4.78 is 119. The minimum absolute atomic E-state index is 0.0540. The smallest absolute Gasteiger partial charge is 0.364 e. The molecule has 0 unspecified atom stereocenters. The van der Waals surface area contributed by atoms with E-state index in [1.165, 1.54) is 47.3 Å². The molecule has 0 fully saturated rings. The number of aromatic nitrogens is 4. The molecular formula is C28H19F9N6. The summed E-state index contributed by atoms with van der Waals surface area (Å²) in [5.41, 5.74) is -1.14. The van der Waals surface area contributed by atoms with Gasteiger partial charge in [0.05, 0.1) is 29.6 Å². The first-order chi connectivity index (χ1) is 20.2. The van der Waals surface area contributed by atoms with Crippen LogP contribution < -0.4 is 10.6 Å². The Balaban J connectivity index is 1.48. The van der Waals surface area contributed by atoms with E-state index in [-0.39, 0.29) is 47.3 Å². The molecule has 5 rings (SSSR count). The number of imidazole rings is 1.